The molecule has 0 saturated heterocycles. The number of carbonyl (C=O) groups is 2. The van der Waals surface area contributed by atoms with Gasteiger partial charge in [0.15, 0.2) is 5.96 Å². The van der Waals surface area contributed by atoms with Crippen LogP contribution in [0, 0.1) is 5.92 Å². The number of sulfonamides is 1. The second-order valence-corrected chi connectivity index (χ2v) is 9.75. The Bertz CT molecular complexity index is 1090. The molecule has 0 heterocycles. The van der Waals surface area contributed by atoms with E-state index >= 15 is 0 Å². The van der Waals surface area contributed by atoms with E-state index in [1.165, 1.54) is 6.07 Å². The van der Waals surface area contributed by atoms with Crippen molar-refractivity contribution < 1.29 is 18.0 Å². The molecule has 0 radical (unpaired) electrons. The Kier molecular flexibility index (Phi) is 8.88. The molecule has 32 heavy (non-hydrogen) atoms. The van der Waals surface area contributed by atoms with Gasteiger partial charge in [0.05, 0.1) is 17.0 Å². The summed E-state index contributed by atoms with van der Waals surface area (Å²) < 4.78 is 28.8. The first kappa shape index (κ1) is 25.4. The minimum Gasteiger partial charge on any atom is -0.370 e. The zero-order valence-corrected chi connectivity index (χ0v) is 19.1. The number of fused-ring (bicyclic) bond motifs is 1. The van der Waals surface area contributed by atoms with Gasteiger partial charge in [0, 0.05) is 11.9 Å². The molecule has 0 spiro atoms. The number of nitrogens with zero attached hydrogens (tertiary/aromatic N) is 1. The van der Waals surface area contributed by atoms with E-state index in [9.17, 15) is 18.0 Å². The maximum Gasteiger partial charge on any atom is 0.241 e. The van der Waals surface area contributed by atoms with Gasteiger partial charge in [-0.25, -0.2) is 13.1 Å². The molecule has 0 aliphatic rings. The second-order valence-electron chi connectivity index (χ2n) is 8.06. The van der Waals surface area contributed by atoms with Crippen molar-refractivity contribution in [1.82, 2.24) is 4.72 Å². The van der Waals surface area contributed by atoms with Crippen LogP contribution in [0.3, 0.4) is 0 Å². The van der Waals surface area contributed by atoms with Crippen molar-refractivity contribution in [1.29, 1.82) is 0 Å². The van der Waals surface area contributed by atoms with Gasteiger partial charge in [-0.15, -0.1) is 0 Å². The highest BCUT2D eigenvalue weighted by Gasteiger charge is 2.33. The lowest BCUT2D eigenvalue weighted by Gasteiger charge is -2.21. The average Bonchev–Trinajstić information content (AvgIpc) is 2.74. The number of guanidine groups is 1. The molecule has 0 fully saturated rings. The number of carbonyl (C=O) groups excluding carboxylic acids is 2. The van der Waals surface area contributed by atoms with Crippen molar-refractivity contribution in [2.45, 2.75) is 50.1 Å². The van der Waals surface area contributed by atoms with Gasteiger partial charge in [-0.05, 0) is 36.6 Å². The molecule has 2 rings (SSSR count). The number of hydrogen-bond donors (Lipinski definition) is 4. The Balaban J connectivity index is 2.22. The lowest BCUT2D eigenvalue weighted by molar-refractivity contribution is -0.138. The van der Waals surface area contributed by atoms with Gasteiger partial charge in [-0.3, -0.25) is 14.6 Å². The standard InChI is InChI=1S/C22H31N5O4S/c1-14(2)13-18(21(29)20(28)17(23)10-6-12-26-22(24)25)27-32(30,31)19-11-5-8-15-7-3-4-9-16(15)19/h3-5,7-9,11,14,17-18,27H,6,10,12-13,23H2,1-2H3,(H4,24,25,26)/t17-,18-/m0/s1. The molecule has 7 N–H and O–H groups in total. The van der Waals surface area contributed by atoms with Gasteiger partial charge in [-0.1, -0.05) is 50.2 Å². The molecule has 0 aliphatic carbocycles. The Morgan fingerprint density at radius 2 is 1.69 bits per heavy atom. The average molecular weight is 462 g/mol. The van der Waals surface area contributed by atoms with E-state index in [1.807, 2.05) is 19.9 Å². The molecule has 10 heteroatoms. The molecule has 0 saturated carbocycles. The SMILES string of the molecule is CC(C)C[C@H](NS(=O)(=O)c1cccc2ccccc12)C(=O)C(=O)[C@@H](N)CCCN=C(N)N. The van der Waals surface area contributed by atoms with Gasteiger partial charge in [0.25, 0.3) is 0 Å². The summed E-state index contributed by atoms with van der Waals surface area (Å²) in [5, 5.41) is 1.28. The molecular formula is C22H31N5O4S. The summed E-state index contributed by atoms with van der Waals surface area (Å²) in [6.07, 6.45) is 0.774. The topological polar surface area (TPSA) is 171 Å². The summed E-state index contributed by atoms with van der Waals surface area (Å²) in [5.74, 6) is -1.77. The van der Waals surface area contributed by atoms with Crippen LogP contribution in [0.15, 0.2) is 52.4 Å². The lowest BCUT2D eigenvalue weighted by Crippen LogP contribution is -2.49. The molecule has 0 bridgehead atoms. The van der Waals surface area contributed by atoms with Gasteiger partial charge in [-0.2, -0.15) is 0 Å². The van der Waals surface area contributed by atoms with Crippen LogP contribution in [0.1, 0.15) is 33.1 Å². The maximum atomic E-state index is 13.2. The summed E-state index contributed by atoms with van der Waals surface area (Å²) in [6, 6.07) is 9.68. The number of hydrogen-bond acceptors (Lipinski definition) is 6. The Hall–Kier alpha value is -2.82. The minimum absolute atomic E-state index is 0.0370. The molecule has 174 valence electrons. The second kappa shape index (κ2) is 11.2. The molecular weight excluding hydrogens is 430 g/mol. The third-order valence-electron chi connectivity index (χ3n) is 4.91. The smallest absolute Gasteiger partial charge is 0.241 e. The zero-order valence-electron chi connectivity index (χ0n) is 18.3. The fourth-order valence-electron chi connectivity index (χ4n) is 3.37. The first-order valence-electron chi connectivity index (χ1n) is 10.4. The highest BCUT2D eigenvalue weighted by Crippen LogP contribution is 2.23. The predicted molar refractivity (Wildman–Crippen MR) is 125 cm³/mol. The van der Waals surface area contributed by atoms with Crippen molar-refractivity contribution in [2.24, 2.45) is 28.1 Å². The molecule has 0 unspecified atom stereocenters. The summed E-state index contributed by atoms with van der Waals surface area (Å²) >= 11 is 0. The third kappa shape index (κ3) is 6.84. The van der Waals surface area contributed by atoms with E-state index < -0.39 is 33.7 Å². The van der Waals surface area contributed by atoms with Crippen molar-refractivity contribution in [3.63, 3.8) is 0 Å². The van der Waals surface area contributed by atoms with Crippen LogP contribution >= 0.6 is 0 Å². The Morgan fingerprint density at radius 1 is 1.03 bits per heavy atom. The van der Waals surface area contributed by atoms with E-state index in [0.717, 1.165) is 5.39 Å². The van der Waals surface area contributed by atoms with Crippen LogP contribution < -0.4 is 21.9 Å². The van der Waals surface area contributed by atoms with Crippen molar-refractivity contribution in [2.75, 3.05) is 6.54 Å². The number of nitrogens with two attached hydrogens (primary N) is 3. The van der Waals surface area contributed by atoms with Gasteiger partial charge in [0.2, 0.25) is 21.6 Å². The molecule has 0 aromatic heterocycles. The number of aliphatic imine (C=N–C) groups is 1. The molecule has 0 aliphatic heterocycles. The normalized spacial score (nSPS) is 13.6. The largest absolute Gasteiger partial charge is 0.370 e. The van der Waals surface area contributed by atoms with Crippen LogP contribution in [-0.2, 0) is 19.6 Å². The quantitative estimate of drug-likeness (QED) is 0.158. The Morgan fingerprint density at radius 3 is 2.34 bits per heavy atom. The summed E-state index contributed by atoms with van der Waals surface area (Å²) in [7, 11) is -4.08. The fraction of sp³-hybridized carbons (Fsp3) is 0.409. The van der Waals surface area contributed by atoms with Crippen LogP contribution in [-0.4, -0.2) is 44.6 Å². The number of ketones is 2. The summed E-state index contributed by atoms with van der Waals surface area (Å²) in [5.41, 5.74) is 16.4. The number of nitrogens with one attached hydrogen (secondary N) is 1. The van der Waals surface area contributed by atoms with Gasteiger partial charge >= 0.3 is 0 Å². The van der Waals surface area contributed by atoms with Gasteiger partial charge in [0.1, 0.15) is 0 Å². The van der Waals surface area contributed by atoms with Crippen LogP contribution in [0.5, 0.6) is 0 Å². The number of benzene rings is 2. The molecule has 2 aromatic carbocycles. The highest BCUT2D eigenvalue weighted by molar-refractivity contribution is 7.89. The summed E-state index contributed by atoms with van der Waals surface area (Å²) in [6.45, 7) is 3.96. The van der Waals surface area contributed by atoms with E-state index in [2.05, 4.69) is 9.71 Å². The Labute approximate surface area is 188 Å². The maximum absolute atomic E-state index is 13.2. The molecule has 2 aromatic rings. The van der Waals surface area contributed by atoms with E-state index in [0.29, 0.717) is 11.8 Å². The number of Topliss-reactive ketones (excluding diaryl/α,β-unsaturated/α-hetero) is 2. The highest BCUT2D eigenvalue weighted by atomic mass is 32.2. The third-order valence-corrected chi connectivity index (χ3v) is 6.44. The van der Waals surface area contributed by atoms with Crippen molar-refractivity contribution in [3.05, 3.63) is 42.5 Å². The zero-order chi connectivity index (χ0) is 23.9. The van der Waals surface area contributed by atoms with Crippen molar-refractivity contribution >= 4 is 38.3 Å². The first-order valence-corrected chi connectivity index (χ1v) is 11.9. The van der Waals surface area contributed by atoms with Crippen LogP contribution in [0.25, 0.3) is 10.8 Å². The van der Waals surface area contributed by atoms with E-state index in [1.54, 1.807) is 30.3 Å². The van der Waals surface area contributed by atoms with Crippen LogP contribution in [0.4, 0.5) is 0 Å². The van der Waals surface area contributed by atoms with Crippen LogP contribution in [0.2, 0.25) is 0 Å². The van der Waals surface area contributed by atoms with Crippen molar-refractivity contribution in [3.8, 4) is 0 Å². The lowest BCUT2D eigenvalue weighted by atomic mass is 9.95. The number of rotatable bonds is 12. The predicted octanol–water partition coefficient (Wildman–Crippen LogP) is 1.05. The minimum atomic E-state index is -4.08. The van der Waals surface area contributed by atoms with Gasteiger partial charge < -0.3 is 17.2 Å². The summed E-state index contributed by atoms with van der Waals surface area (Å²) in [4.78, 5) is 29.4. The fourth-order valence-corrected chi connectivity index (χ4v) is 4.80. The van der Waals surface area contributed by atoms with E-state index in [-0.39, 0.29) is 36.2 Å². The molecule has 2 atom stereocenters. The van der Waals surface area contributed by atoms with E-state index in [4.69, 9.17) is 17.2 Å². The molecule has 9 nitrogen and oxygen atoms in total. The first-order chi connectivity index (χ1) is 15.0. The monoisotopic (exact) mass is 461 g/mol. The molecule has 0 amide bonds.